The highest BCUT2D eigenvalue weighted by Crippen LogP contribution is 2.53. The van der Waals surface area contributed by atoms with E-state index in [1.165, 1.54) is 30.6 Å². The molecular formula is C29H32F2N5O6PS. The van der Waals surface area contributed by atoms with Crippen molar-refractivity contribution in [3.63, 3.8) is 0 Å². The molecule has 1 unspecified atom stereocenters. The summed E-state index contributed by atoms with van der Waals surface area (Å²) < 4.78 is 40.4. The number of halogens is 2. The van der Waals surface area contributed by atoms with Gasteiger partial charge in [-0.2, -0.15) is 0 Å². The molecule has 11 nitrogen and oxygen atoms in total. The minimum absolute atomic E-state index is 0.0866. The minimum atomic E-state index is -4.98. The second-order valence-corrected chi connectivity index (χ2v) is 14.4. The van der Waals surface area contributed by atoms with Gasteiger partial charge in [-0.25, -0.2) is 18.7 Å². The number of hydrogen-bond donors (Lipinski definition) is 3. The largest absolute Gasteiger partial charge is 0.363 e. The summed E-state index contributed by atoms with van der Waals surface area (Å²) in [4.78, 5) is 70.6. The molecule has 234 valence electrons. The Hall–Kier alpha value is -3.32. The van der Waals surface area contributed by atoms with Gasteiger partial charge in [-0.15, -0.1) is 11.3 Å². The summed E-state index contributed by atoms with van der Waals surface area (Å²) in [6.45, 7) is 0.864. The maximum absolute atomic E-state index is 14.2. The molecule has 3 aliphatic rings. The number of nitrogens with one attached hydrogen (secondary N) is 1. The summed E-state index contributed by atoms with van der Waals surface area (Å²) in [5.74, 6) is -3.94. The average molecular weight is 648 g/mol. The number of amides is 3. The lowest BCUT2D eigenvalue weighted by molar-refractivity contribution is -0.146. The summed E-state index contributed by atoms with van der Waals surface area (Å²) in [5.41, 5.74) is 0.178. The van der Waals surface area contributed by atoms with Gasteiger partial charge in [-0.3, -0.25) is 18.9 Å². The number of benzene rings is 1. The molecule has 1 aromatic carbocycles. The summed E-state index contributed by atoms with van der Waals surface area (Å²) in [6, 6.07) is 4.07. The molecule has 6 rings (SSSR count). The molecule has 0 saturated carbocycles. The number of hydrogen-bond acceptors (Lipinski definition) is 7. The van der Waals surface area contributed by atoms with Crippen LogP contribution in [0.2, 0.25) is 0 Å². The van der Waals surface area contributed by atoms with Crippen LogP contribution < -0.4 is 5.32 Å². The number of rotatable bonds is 6. The number of fused-ring (bicyclic) bond motifs is 2. The standard InChI is InChI=1S/C29H32F2N5O6PS/c30-20-14-32-15-33-25(20)16-8-10-35(11-9-16)29(39)22-6-5-19-2-1-3-21(28(38)36(19)22)34-27(37)24-13-18-12-17(4-7-23(18)44-24)26(31)43(40,41)42/h4,7,12-16,19,21-22,26H,1-3,5-6,8-11H2,(H,34,37)(H2,40,41,42)/t19-,21-,22-,26?/m0/s1. The summed E-state index contributed by atoms with van der Waals surface area (Å²) in [6.07, 6.45) is 6.68. The Bertz CT molecular complexity index is 1640. The van der Waals surface area contributed by atoms with Gasteiger partial charge in [0.15, 0.2) is 5.82 Å². The second kappa shape index (κ2) is 12.2. The lowest BCUT2D eigenvalue weighted by Crippen LogP contribution is -2.55. The summed E-state index contributed by atoms with van der Waals surface area (Å²) >= 11 is 1.13. The topological polar surface area (TPSA) is 153 Å². The van der Waals surface area contributed by atoms with Gasteiger partial charge in [-0.05, 0) is 74.1 Å². The maximum Gasteiger partial charge on any atom is 0.363 e. The van der Waals surface area contributed by atoms with Gasteiger partial charge in [0, 0.05) is 29.7 Å². The lowest BCUT2D eigenvalue weighted by Gasteiger charge is -2.37. The van der Waals surface area contributed by atoms with E-state index in [2.05, 4.69) is 15.3 Å². The highest BCUT2D eigenvalue weighted by atomic mass is 32.1. The SMILES string of the molecule is O=C(N[C@H]1CCC[C@H]2CC[C@@H](C(=O)N3CCC(c4ncncc4F)CC3)N2C1=O)c1cc2cc(C(F)P(=O)(O)O)ccc2s1. The van der Waals surface area contributed by atoms with Gasteiger partial charge < -0.3 is 24.9 Å². The van der Waals surface area contributed by atoms with Crippen LogP contribution in [-0.4, -0.2) is 78.5 Å². The fraction of sp³-hybridized carbons (Fsp3) is 0.483. The molecular weight excluding hydrogens is 615 g/mol. The van der Waals surface area contributed by atoms with Crippen molar-refractivity contribution < 1.29 is 37.5 Å². The molecule has 3 saturated heterocycles. The zero-order chi connectivity index (χ0) is 31.2. The normalized spacial score (nSPS) is 23.8. The third kappa shape index (κ3) is 6.00. The van der Waals surface area contributed by atoms with E-state index in [9.17, 15) is 37.5 Å². The van der Waals surface area contributed by atoms with Gasteiger partial charge in [0.25, 0.3) is 5.91 Å². The first kappa shape index (κ1) is 30.7. The zero-order valence-electron chi connectivity index (χ0n) is 23.6. The van der Waals surface area contributed by atoms with E-state index in [0.717, 1.165) is 24.0 Å². The van der Waals surface area contributed by atoms with Crippen LogP contribution in [-0.2, 0) is 14.2 Å². The number of thiophene rings is 1. The number of alkyl halides is 1. The van der Waals surface area contributed by atoms with Crippen LogP contribution in [0.4, 0.5) is 8.78 Å². The third-order valence-electron chi connectivity index (χ3n) is 8.90. The van der Waals surface area contributed by atoms with Gasteiger partial charge in [0.1, 0.15) is 18.4 Å². The second-order valence-electron chi connectivity index (χ2n) is 11.6. The minimum Gasteiger partial charge on any atom is -0.341 e. The van der Waals surface area contributed by atoms with Crippen molar-refractivity contribution in [1.29, 1.82) is 0 Å². The fourth-order valence-electron chi connectivity index (χ4n) is 6.69. The first-order valence-electron chi connectivity index (χ1n) is 14.6. The number of likely N-dealkylation sites (tertiary alicyclic amines) is 1. The predicted molar refractivity (Wildman–Crippen MR) is 157 cm³/mol. The Labute approximate surface area is 255 Å². The molecule has 15 heteroatoms. The first-order chi connectivity index (χ1) is 21.0. The molecule has 3 fully saturated rings. The number of nitrogens with zero attached hydrogens (tertiary/aromatic N) is 4. The van der Waals surface area contributed by atoms with Crippen molar-refractivity contribution in [3.05, 3.63) is 58.7 Å². The molecule has 0 radical (unpaired) electrons. The van der Waals surface area contributed by atoms with Crippen molar-refractivity contribution >= 4 is 46.7 Å². The summed E-state index contributed by atoms with van der Waals surface area (Å²) in [5, 5.41) is 3.29. The van der Waals surface area contributed by atoms with Crippen LogP contribution in [0.1, 0.15) is 77.7 Å². The van der Waals surface area contributed by atoms with Gasteiger partial charge in [0.05, 0.1) is 16.8 Å². The van der Waals surface area contributed by atoms with E-state index in [-0.39, 0.29) is 34.2 Å². The first-order valence-corrected chi connectivity index (χ1v) is 17.1. The quantitative estimate of drug-likeness (QED) is 0.339. The zero-order valence-corrected chi connectivity index (χ0v) is 25.4. The van der Waals surface area contributed by atoms with Crippen molar-refractivity contribution in [2.24, 2.45) is 0 Å². The smallest absolute Gasteiger partial charge is 0.341 e. The van der Waals surface area contributed by atoms with Gasteiger partial charge in [0.2, 0.25) is 17.7 Å². The number of aromatic nitrogens is 2. The Morgan fingerprint density at radius 2 is 1.86 bits per heavy atom. The fourth-order valence-corrected chi connectivity index (χ4v) is 8.18. The van der Waals surface area contributed by atoms with E-state index in [0.29, 0.717) is 67.4 Å². The Morgan fingerprint density at radius 1 is 1.09 bits per heavy atom. The molecule has 0 aliphatic carbocycles. The molecule has 5 heterocycles. The van der Waals surface area contributed by atoms with E-state index in [1.54, 1.807) is 9.80 Å². The van der Waals surface area contributed by atoms with Crippen LogP contribution in [0.15, 0.2) is 36.8 Å². The maximum atomic E-state index is 14.2. The number of carbonyl (C=O) groups is 3. The molecule has 0 bridgehead atoms. The molecule has 44 heavy (non-hydrogen) atoms. The van der Waals surface area contributed by atoms with E-state index >= 15 is 0 Å². The number of carbonyl (C=O) groups excluding carboxylic acids is 3. The molecule has 3 aliphatic heterocycles. The molecule has 2 aromatic heterocycles. The van der Waals surface area contributed by atoms with Gasteiger partial charge >= 0.3 is 7.60 Å². The van der Waals surface area contributed by atoms with E-state index < -0.39 is 37.3 Å². The van der Waals surface area contributed by atoms with Crippen molar-refractivity contribution in [1.82, 2.24) is 25.1 Å². The van der Waals surface area contributed by atoms with Crippen molar-refractivity contribution in [3.8, 4) is 0 Å². The van der Waals surface area contributed by atoms with Crippen molar-refractivity contribution in [2.75, 3.05) is 13.1 Å². The lowest BCUT2D eigenvalue weighted by atomic mass is 9.92. The Kier molecular flexibility index (Phi) is 8.53. The molecule has 3 N–H and O–H groups in total. The highest BCUT2D eigenvalue weighted by Gasteiger charge is 2.46. The molecule has 4 atom stereocenters. The van der Waals surface area contributed by atoms with E-state index in [4.69, 9.17) is 0 Å². The van der Waals surface area contributed by atoms with Crippen LogP contribution in [0, 0.1) is 5.82 Å². The monoisotopic (exact) mass is 647 g/mol. The third-order valence-corrected chi connectivity index (χ3v) is 10.9. The van der Waals surface area contributed by atoms with Crippen LogP contribution in [0.5, 0.6) is 0 Å². The Morgan fingerprint density at radius 3 is 2.59 bits per heavy atom. The highest BCUT2D eigenvalue weighted by molar-refractivity contribution is 7.51. The average Bonchev–Trinajstić information content (AvgIpc) is 3.60. The molecule has 0 spiro atoms. The predicted octanol–water partition coefficient (Wildman–Crippen LogP) is 4.02. The summed E-state index contributed by atoms with van der Waals surface area (Å²) in [7, 11) is -4.98. The van der Waals surface area contributed by atoms with Crippen LogP contribution in [0.25, 0.3) is 10.1 Å². The van der Waals surface area contributed by atoms with Crippen molar-refractivity contribution in [2.45, 2.75) is 74.9 Å². The molecule has 3 aromatic rings. The Balaban J connectivity index is 1.13. The van der Waals surface area contributed by atoms with Crippen LogP contribution >= 0.6 is 18.9 Å². The molecule has 3 amide bonds. The van der Waals surface area contributed by atoms with Gasteiger partial charge in [-0.1, -0.05) is 6.07 Å². The number of piperidine rings is 1. The van der Waals surface area contributed by atoms with E-state index in [1.807, 2.05) is 0 Å². The van der Waals surface area contributed by atoms with Crippen LogP contribution in [0.3, 0.4) is 0 Å².